The van der Waals surface area contributed by atoms with E-state index in [1.54, 1.807) is 21.1 Å². The summed E-state index contributed by atoms with van der Waals surface area (Å²) in [6, 6.07) is -0.725. The lowest BCUT2D eigenvalue weighted by Crippen LogP contribution is -2.55. The highest BCUT2D eigenvalue weighted by molar-refractivity contribution is 5.70. The number of carboxylic acid groups (broad SMARTS) is 1. The molecule has 0 spiro atoms. The number of hydrogen-bond acceptors (Lipinski definition) is 7. The molecule has 0 amide bonds. The molecule has 0 saturated carbocycles. The van der Waals surface area contributed by atoms with Crippen molar-refractivity contribution in [3.63, 3.8) is 0 Å². The van der Waals surface area contributed by atoms with Gasteiger partial charge in [0.25, 0.3) is 0 Å². The first kappa shape index (κ1) is 51.8. The second-order valence-electron chi connectivity index (χ2n) is 16.3. The van der Waals surface area contributed by atoms with Crippen LogP contribution in [0.25, 0.3) is 0 Å². The minimum absolute atomic E-state index is 0.0387. The van der Waals surface area contributed by atoms with Crippen molar-refractivity contribution in [3.8, 4) is 0 Å². The van der Waals surface area contributed by atoms with Crippen LogP contribution >= 0.6 is 0 Å². The molecule has 0 radical (unpaired) electrons. The molecule has 0 heterocycles. The van der Waals surface area contributed by atoms with Crippen LogP contribution in [-0.4, -0.2) is 75.5 Å². The van der Waals surface area contributed by atoms with E-state index in [0.717, 1.165) is 64.2 Å². The van der Waals surface area contributed by atoms with Crippen LogP contribution in [0.2, 0.25) is 0 Å². The van der Waals surface area contributed by atoms with E-state index in [1.807, 2.05) is 0 Å². The number of nitrogens with zero attached hydrogens (tertiary/aromatic N) is 1. The molecule has 0 N–H and O–H groups in total. The summed E-state index contributed by atoms with van der Waals surface area (Å²) in [5, 5.41) is 11.6. The Bertz CT molecular complexity index is 942. The Morgan fingerprint density at radius 1 is 0.556 bits per heavy atom. The van der Waals surface area contributed by atoms with Crippen LogP contribution in [0.5, 0.6) is 0 Å². The van der Waals surface area contributed by atoms with Gasteiger partial charge in [0.15, 0.2) is 6.10 Å². The molecule has 0 fully saturated rings. The Kier molecular flexibility index (Phi) is 36.2. The number of carbonyl (C=O) groups is 3. The first-order chi connectivity index (χ1) is 26.1. The first-order valence-corrected chi connectivity index (χ1v) is 22.4. The predicted molar refractivity (Wildman–Crippen MR) is 222 cm³/mol. The summed E-state index contributed by atoms with van der Waals surface area (Å²) < 4.78 is 17.2. The lowest BCUT2D eigenvalue weighted by atomic mass is 10.0. The maximum absolute atomic E-state index is 12.7. The van der Waals surface area contributed by atoms with Crippen molar-refractivity contribution in [2.75, 3.05) is 41.0 Å². The number of unbranched alkanes of at least 4 members (excludes halogenated alkanes) is 22. The summed E-state index contributed by atoms with van der Waals surface area (Å²) in [5.41, 5.74) is 0. The molecule has 0 aliphatic heterocycles. The normalized spacial score (nSPS) is 13.1. The lowest BCUT2D eigenvalue weighted by Gasteiger charge is -2.34. The second-order valence-corrected chi connectivity index (χ2v) is 16.3. The zero-order valence-corrected chi connectivity index (χ0v) is 35.9. The number of carbonyl (C=O) groups excluding carboxylic acids is 3. The van der Waals surface area contributed by atoms with E-state index in [9.17, 15) is 19.5 Å². The molecule has 0 aliphatic rings. The third kappa shape index (κ3) is 35.5. The van der Waals surface area contributed by atoms with Crippen molar-refractivity contribution in [2.45, 2.75) is 212 Å². The number of likely N-dealkylation sites (N-methyl/N-ethyl adjacent to an activating group) is 1. The van der Waals surface area contributed by atoms with Gasteiger partial charge >= 0.3 is 11.9 Å². The number of aliphatic carboxylic acids is 1. The van der Waals surface area contributed by atoms with E-state index < -0.39 is 18.1 Å². The Morgan fingerprint density at radius 3 is 1.44 bits per heavy atom. The van der Waals surface area contributed by atoms with E-state index in [4.69, 9.17) is 14.2 Å². The topological polar surface area (TPSA) is 102 Å². The Morgan fingerprint density at radius 2 is 0.981 bits per heavy atom. The molecule has 316 valence electrons. The van der Waals surface area contributed by atoms with Gasteiger partial charge in [-0.25, -0.2) is 0 Å². The number of hydrogen-bond donors (Lipinski definition) is 0. The number of esters is 2. The van der Waals surface area contributed by atoms with Crippen molar-refractivity contribution >= 4 is 17.9 Å². The highest BCUT2D eigenvalue weighted by atomic mass is 16.6. The highest BCUT2D eigenvalue weighted by Gasteiger charge is 2.25. The molecule has 0 aromatic carbocycles. The van der Waals surface area contributed by atoms with Crippen LogP contribution in [0.4, 0.5) is 0 Å². The van der Waals surface area contributed by atoms with Crippen LogP contribution < -0.4 is 5.11 Å². The van der Waals surface area contributed by atoms with Gasteiger partial charge in [-0.15, -0.1) is 0 Å². The van der Waals surface area contributed by atoms with Gasteiger partial charge < -0.3 is 28.6 Å². The molecule has 0 rings (SSSR count). The molecule has 0 aliphatic carbocycles. The van der Waals surface area contributed by atoms with E-state index in [0.29, 0.717) is 12.8 Å². The zero-order chi connectivity index (χ0) is 40.0. The molecule has 0 aromatic heterocycles. The number of carboxylic acids is 1. The molecule has 8 heteroatoms. The molecule has 8 nitrogen and oxygen atoms in total. The largest absolute Gasteiger partial charge is 0.544 e. The van der Waals surface area contributed by atoms with Crippen LogP contribution in [0.3, 0.4) is 0 Å². The van der Waals surface area contributed by atoms with Crippen molar-refractivity contribution < 1.29 is 38.2 Å². The molecule has 2 unspecified atom stereocenters. The SMILES string of the molecule is CCCCCC/C=C\C/C=C\CCCCCCCC(=O)OC(COCCC(C(=O)[O-])[N+](C)(C)C)COC(=O)CCCCCCCCCCCCCCCC. The Balaban J connectivity index is 4.35. The fraction of sp³-hybridized carbons (Fsp3) is 0.848. The number of allylic oxidation sites excluding steroid dienone is 4. The highest BCUT2D eigenvalue weighted by Crippen LogP contribution is 2.15. The van der Waals surface area contributed by atoms with E-state index >= 15 is 0 Å². The summed E-state index contributed by atoms with van der Waals surface area (Å²) in [6.45, 7) is 4.64. The molecule has 0 bridgehead atoms. The van der Waals surface area contributed by atoms with Crippen LogP contribution in [-0.2, 0) is 28.6 Å². The summed E-state index contributed by atoms with van der Waals surface area (Å²) in [7, 11) is 5.41. The van der Waals surface area contributed by atoms with Gasteiger partial charge in [0.2, 0.25) is 0 Å². The first-order valence-electron chi connectivity index (χ1n) is 22.4. The van der Waals surface area contributed by atoms with Crippen molar-refractivity contribution in [3.05, 3.63) is 24.3 Å². The van der Waals surface area contributed by atoms with Crippen LogP contribution in [0, 0.1) is 0 Å². The summed E-state index contributed by atoms with van der Waals surface area (Å²) in [6.07, 6.45) is 40.5. The molecule has 2 atom stereocenters. The third-order valence-corrected chi connectivity index (χ3v) is 10.1. The van der Waals surface area contributed by atoms with E-state index in [-0.39, 0.29) is 42.7 Å². The van der Waals surface area contributed by atoms with Crippen molar-refractivity contribution in [2.24, 2.45) is 0 Å². The standard InChI is InChI=1S/C46H85NO7/c1-6-8-10-12-14-16-18-20-22-23-25-27-29-31-33-35-37-45(49)54-42(40-52-39-38-43(46(50)51)47(3,4)5)41-53-44(48)36-34-32-30-28-26-24-21-19-17-15-13-11-9-7-2/h16,18,22-23,42-43H,6-15,17,19-21,24-41H2,1-5H3/b18-16-,23-22-. The van der Waals surface area contributed by atoms with Crippen molar-refractivity contribution in [1.82, 2.24) is 0 Å². The van der Waals surface area contributed by atoms with E-state index in [2.05, 4.69) is 38.2 Å². The van der Waals surface area contributed by atoms with Gasteiger partial charge in [0, 0.05) is 19.3 Å². The number of ether oxygens (including phenoxy) is 3. The van der Waals surface area contributed by atoms with Crippen molar-refractivity contribution in [1.29, 1.82) is 0 Å². The zero-order valence-electron chi connectivity index (χ0n) is 35.9. The van der Waals surface area contributed by atoms with Crippen LogP contribution in [0.15, 0.2) is 24.3 Å². The predicted octanol–water partition coefficient (Wildman–Crippen LogP) is 10.7. The summed E-state index contributed by atoms with van der Waals surface area (Å²) in [4.78, 5) is 36.8. The molecule has 0 saturated heterocycles. The monoisotopic (exact) mass is 764 g/mol. The molecular formula is C46H85NO7. The van der Waals surface area contributed by atoms with Gasteiger partial charge in [0.05, 0.1) is 40.3 Å². The smallest absolute Gasteiger partial charge is 0.306 e. The maximum atomic E-state index is 12.7. The van der Waals surface area contributed by atoms with Gasteiger partial charge in [-0.3, -0.25) is 9.59 Å². The summed E-state index contributed by atoms with van der Waals surface area (Å²) in [5.74, 6) is -1.74. The van der Waals surface area contributed by atoms with E-state index in [1.165, 1.54) is 103 Å². The fourth-order valence-corrected chi connectivity index (χ4v) is 6.57. The Hall–Kier alpha value is -2.19. The second kappa shape index (κ2) is 37.7. The molecule has 54 heavy (non-hydrogen) atoms. The minimum atomic E-state index is -1.13. The van der Waals surface area contributed by atoms with Gasteiger partial charge in [0.1, 0.15) is 12.6 Å². The number of quaternary nitrogens is 1. The lowest BCUT2D eigenvalue weighted by molar-refractivity contribution is -0.889. The third-order valence-electron chi connectivity index (χ3n) is 10.1. The maximum Gasteiger partial charge on any atom is 0.306 e. The van der Waals surface area contributed by atoms with Gasteiger partial charge in [-0.05, 0) is 44.9 Å². The fourth-order valence-electron chi connectivity index (χ4n) is 6.57. The minimum Gasteiger partial charge on any atom is -0.544 e. The average molecular weight is 764 g/mol. The molecular weight excluding hydrogens is 679 g/mol. The molecule has 0 aromatic rings. The Labute approximate surface area is 332 Å². The number of rotatable bonds is 40. The summed E-state index contributed by atoms with van der Waals surface area (Å²) >= 11 is 0. The van der Waals surface area contributed by atoms with Gasteiger partial charge in [-0.1, -0.05) is 160 Å². The average Bonchev–Trinajstić information content (AvgIpc) is 3.12. The van der Waals surface area contributed by atoms with Crippen LogP contribution in [0.1, 0.15) is 200 Å². The van der Waals surface area contributed by atoms with Gasteiger partial charge in [-0.2, -0.15) is 0 Å². The quantitative estimate of drug-likeness (QED) is 0.0265.